The topological polar surface area (TPSA) is 47.0 Å². The van der Waals surface area contributed by atoms with Gasteiger partial charge in [-0.25, -0.2) is 0 Å². The first-order valence-electron chi connectivity index (χ1n) is 4.53. The summed E-state index contributed by atoms with van der Waals surface area (Å²) >= 11 is 1.39. The quantitative estimate of drug-likeness (QED) is 0.779. The van der Waals surface area contributed by atoms with Crippen molar-refractivity contribution in [1.82, 2.24) is 14.9 Å². The Bertz CT molecular complexity index is 234. The molecule has 1 N–H and O–H groups in total. The van der Waals surface area contributed by atoms with Crippen LogP contribution in [0.15, 0.2) is 5.38 Å². The smallest absolute Gasteiger partial charge is 0.0893 e. The van der Waals surface area contributed by atoms with E-state index in [1.54, 1.807) is 0 Å². The van der Waals surface area contributed by atoms with Gasteiger partial charge < -0.3 is 10.1 Å². The van der Waals surface area contributed by atoms with E-state index >= 15 is 0 Å². The van der Waals surface area contributed by atoms with Crippen LogP contribution in [-0.4, -0.2) is 28.8 Å². The average molecular weight is 199 g/mol. The molecule has 1 saturated heterocycles. The predicted molar refractivity (Wildman–Crippen MR) is 50.6 cm³/mol. The van der Waals surface area contributed by atoms with E-state index in [1.165, 1.54) is 24.4 Å². The van der Waals surface area contributed by atoms with Crippen molar-refractivity contribution >= 4 is 11.5 Å². The molecule has 0 aliphatic carbocycles. The van der Waals surface area contributed by atoms with Gasteiger partial charge in [0, 0.05) is 25.1 Å². The van der Waals surface area contributed by atoms with Gasteiger partial charge in [-0.1, -0.05) is 4.49 Å². The summed E-state index contributed by atoms with van der Waals surface area (Å²) in [5.74, 6) is 0. The van der Waals surface area contributed by atoms with Gasteiger partial charge >= 0.3 is 0 Å². The Morgan fingerprint density at radius 3 is 3.38 bits per heavy atom. The van der Waals surface area contributed by atoms with Gasteiger partial charge in [-0.05, 0) is 24.4 Å². The molecule has 5 heteroatoms. The zero-order chi connectivity index (χ0) is 8.93. The molecule has 1 aromatic rings. The predicted octanol–water partition coefficient (Wildman–Crippen LogP) is 0.807. The minimum absolute atomic E-state index is 0.409. The Hall–Kier alpha value is -0.520. The lowest BCUT2D eigenvalue weighted by molar-refractivity contribution is 0.110. The van der Waals surface area contributed by atoms with E-state index in [-0.39, 0.29) is 0 Å². The molecule has 0 bridgehead atoms. The van der Waals surface area contributed by atoms with Crippen molar-refractivity contribution in [3.05, 3.63) is 11.1 Å². The molecule has 0 spiro atoms. The van der Waals surface area contributed by atoms with Crippen LogP contribution in [0.5, 0.6) is 0 Å². The second kappa shape index (κ2) is 4.64. The lowest BCUT2D eigenvalue weighted by Crippen LogP contribution is -2.25. The van der Waals surface area contributed by atoms with Crippen molar-refractivity contribution in [3.63, 3.8) is 0 Å². The molecular weight excluding hydrogens is 186 g/mol. The lowest BCUT2D eigenvalue weighted by atomic mass is 10.2. The normalized spacial score (nSPS) is 22.3. The number of ether oxygens (including phenoxy) is 1. The summed E-state index contributed by atoms with van der Waals surface area (Å²) in [4.78, 5) is 0. The van der Waals surface area contributed by atoms with Crippen LogP contribution < -0.4 is 5.32 Å². The second-order valence-electron chi connectivity index (χ2n) is 3.16. The molecule has 1 aromatic heterocycles. The van der Waals surface area contributed by atoms with Gasteiger partial charge in [-0.15, -0.1) is 5.10 Å². The summed E-state index contributed by atoms with van der Waals surface area (Å²) in [6.07, 6.45) is 2.79. The Kier molecular flexibility index (Phi) is 3.23. The highest BCUT2D eigenvalue weighted by molar-refractivity contribution is 7.03. The van der Waals surface area contributed by atoms with Gasteiger partial charge in [0.15, 0.2) is 0 Å². The average Bonchev–Trinajstić information content (AvgIpc) is 2.75. The van der Waals surface area contributed by atoms with Gasteiger partial charge in [0.1, 0.15) is 0 Å². The highest BCUT2D eigenvalue weighted by Gasteiger charge is 2.14. The van der Waals surface area contributed by atoms with E-state index in [4.69, 9.17) is 4.74 Å². The molecule has 0 radical (unpaired) electrons. The fourth-order valence-electron chi connectivity index (χ4n) is 1.43. The van der Waals surface area contributed by atoms with Gasteiger partial charge in [-0.2, -0.15) is 0 Å². The largest absolute Gasteiger partial charge is 0.377 e. The fraction of sp³-hybridized carbons (Fsp3) is 0.750. The van der Waals surface area contributed by atoms with Crippen molar-refractivity contribution in [1.29, 1.82) is 0 Å². The SMILES string of the molecule is c1snnc1CNC[C@@H]1CCCO1. The molecule has 1 aliphatic heterocycles. The molecule has 2 rings (SSSR count). The molecule has 1 atom stereocenters. The number of hydrogen-bond acceptors (Lipinski definition) is 5. The molecule has 0 aromatic carbocycles. The van der Waals surface area contributed by atoms with E-state index in [9.17, 15) is 0 Å². The molecule has 72 valence electrons. The lowest BCUT2D eigenvalue weighted by Gasteiger charge is -2.08. The summed E-state index contributed by atoms with van der Waals surface area (Å²) in [6, 6.07) is 0. The third kappa shape index (κ3) is 2.72. The van der Waals surface area contributed by atoms with Gasteiger partial charge in [0.05, 0.1) is 11.8 Å². The van der Waals surface area contributed by atoms with E-state index in [2.05, 4.69) is 14.9 Å². The minimum atomic E-state index is 0.409. The van der Waals surface area contributed by atoms with E-state index in [0.717, 1.165) is 25.4 Å². The first-order chi connectivity index (χ1) is 6.45. The van der Waals surface area contributed by atoms with Crippen LogP contribution in [0.25, 0.3) is 0 Å². The number of nitrogens with one attached hydrogen (secondary N) is 1. The van der Waals surface area contributed by atoms with E-state index < -0.39 is 0 Å². The standard InChI is InChI=1S/C8H13N3OS/c1-2-8(12-3-1)5-9-4-7-6-13-11-10-7/h6,8-9H,1-5H2/t8-/m0/s1. The number of rotatable bonds is 4. The Balaban J connectivity index is 1.63. The van der Waals surface area contributed by atoms with Crippen molar-refractivity contribution < 1.29 is 4.74 Å². The zero-order valence-corrected chi connectivity index (χ0v) is 8.22. The summed E-state index contributed by atoms with van der Waals surface area (Å²) < 4.78 is 9.27. The highest BCUT2D eigenvalue weighted by atomic mass is 32.1. The monoisotopic (exact) mass is 199 g/mol. The molecule has 13 heavy (non-hydrogen) atoms. The Morgan fingerprint density at radius 1 is 1.69 bits per heavy atom. The maximum atomic E-state index is 5.48. The van der Waals surface area contributed by atoms with Crippen molar-refractivity contribution in [3.8, 4) is 0 Å². The summed E-state index contributed by atoms with van der Waals surface area (Å²) in [6.45, 7) is 2.65. The summed E-state index contributed by atoms with van der Waals surface area (Å²) in [7, 11) is 0. The van der Waals surface area contributed by atoms with E-state index in [0.29, 0.717) is 6.10 Å². The molecule has 0 unspecified atom stereocenters. The number of nitrogens with zero attached hydrogens (tertiary/aromatic N) is 2. The molecule has 0 amide bonds. The van der Waals surface area contributed by atoms with Crippen LogP contribution >= 0.6 is 11.5 Å². The van der Waals surface area contributed by atoms with Crippen molar-refractivity contribution in [2.24, 2.45) is 0 Å². The van der Waals surface area contributed by atoms with Crippen LogP contribution in [0.3, 0.4) is 0 Å². The molecule has 1 fully saturated rings. The van der Waals surface area contributed by atoms with Gasteiger partial charge in [0.25, 0.3) is 0 Å². The molecule has 4 nitrogen and oxygen atoms in total. The first kappa shape index (κ1) is 9.05. The highest BCUT2D eigenvalue weighted by Crippen LogP contribution is 2.10. The van der Waals surface area contributed by atoms with Crippen molar-refractivity contribution in [2.75, 3.05) is 13.2 Å². The third-order valence-corrected chi connectivity index (χ3v) is 2.66. The minimum Gasteiger partial charge on any atom is -0.377 e. The van der Waals surface area contributed by atoms with Crippen LogP contribution in [-0.2, 0) is 11.3 Å². The van der Waals surface area contributed by atoms with Gasteiger partial charge in [-0.3, -0.25) is 0 Å². The molecular formula is C8H13N3OS. The number of hydrogen-bond donors (Lipinski definition) is 1. The van der Waals surface area contributed by atoms with Crippen LogP contribution in [0.1, 0.15) is 18.5 Å². The molecule has 1 aliphatic rings. The third-order valence-electron chi connectivity index (χ3n) is 2.11. The van der Waals surface area contributed by atoms with Crippen LogP contribution in [0.4, 0.5) is 0 Å². The second-order valence-corrected chi connectivity index (χ2v) is 3.77. The fourth-order valence-corrected chi connectivity index (χ4v) is 1.88. The maximum absolute atomic E-state index is 5.48. The first-order valence-corrected chi connectivity index (χ1v) is 5.37. The zero-order valence-electron chi connectivity index (χ0n) is 7.40. The molecule has 0 saturated carbocycles. The number of aromatic nitrogens is 2. The van der Waals surface area contributed by atoms with E-state index in [1.807, 2.05) is 5.38 Å². The Labute approximate surface area is 81.5 Å². The summed E-state index contributed by atoms with van der Waals surface area (Å²) in [5, 5.41) is 9.22. The maximum Gasteiger partial charge on any atom is 0.0893 e. The summed E-state index contributed by atoms with van der Waals surface area (Å²) in [5.41, 5.74) is 1.02. The van der Waals surface area contributed by atoms with Crippen LogP contribution in [0.2, 0.25) is 0 Å². The molecule has 2 heterocycles. The van der Waals surface area contributed by atoms with Crippen molar-refractivity contribution in [2.45, 2.75) is 25.5 Å². The van der Waals surface area contributed by atoms with Gasteiger partial charge in [0.2, 0.25) is 0 Å². The van der Waals surface area contributed by atoms with Crippen LogP contribution in [0, 0.1) is 0 Å². The Morgan fingerprint density at radius 2 is 2.69 bits per heavy atom.